The molecule has 17 heavy (non-hydrogen) atoms. The highest BCUT2D eigenvalue weighted by Crippen LogP contribution is 2.28. The molecule has 0 spiro atoms. The largest absolute Gasteiger partial charge is 0.492 e. The third-order valence-electron chi connectivity index (χ3n) is 2.40. The van der Waals surface area contributed by atoms with Crippen molar-refractivity contribution >= 4 is 27.5 Å². The van der Waals surface area contributed by atoms with E-state index < -0.39 is 0 Å². The highest BCUT2D eigenvalue weighted by Gasteiger charge is 2.01. The Balaban J connectivity index is 2.14. The lowest BCUT2D eigenvalue weighted by Gasteiger charge is -2.08. The number of nitrogens with one attached hydrogen (secondary N) is 1. The molecule has 2 nitrogen and oxygen atoms in total. The molecule has 0 amide bonds. The Labute approximate surface area is 117 Å². The summed E-state index contributed by atoms with van der Waals surface area (Å²) in [5.74, 6) is 0.862. The normalized spacial score (nSPS) is 10.5. The van der Waals surface area contributed by atoms with Crippen LogP contribution in [0.3, 0.4) is 0 Å². The second-order valence-corrected chi connectivity index (χ2v) is 5.13. The third kappa shape index (κ3) is 6.29. The van der Waals surface area contributed by atoms with E-state index >= 15 is 0 Å². The van der Waals surface area contributed by atoms with Crippen LogP contribution in [0.1, 0.15) is 26.2 Å². The van der Waals surface area contributed by atoms with Crippen LogP contribution in [0.5, 0.6) is 5.75 Å². The quantitative estimate of drug-likeness (QED) is 0.723. The van der Waals surface area contributed by atoms with E-state index in [-0.39, 0.29) is 0 Å². The molecule has 1 N–H and O–H groups in total. The Morgan fingerprint density at radius 2 is 2.12 bits per heavy atom. The van der Waals surface area contributed by atoms with Crippen LogP contribution in [0.15, 0.2) is 22.7 Å². The molecule has 0 fully saturated rings. The first-order chi connectivity index (χ1) is 8.24. The maximum Gasteiger partial charge on any atom is 0.133 e. The molecular formula is C13H19BrClNO. The Morgan fingerprint density at radius 1 is 1.29 bits per heavy atom. The molecule has 0 radical (unpaired) electrons. The average molecular weight is 321 g/mol. The number of rotatable bonds is 8. The molecule has 1 aromatic rings. The first-order valence-electron chi connectivity index (χ1n) is 6.02. The Morgan fingerprint density at radius 3 is 2.82 bits per heavy atom. The molecule has 0 aliphatic rings. The van der Waals surface area contributed by atoms with E-state index in [4.69, 9.17) is 16.3 Å². The summed E-state index contributed by atoms with van der Waals surface area (Å²) in [7, 11) is 0. The molecule has 0 aromatic heterocycles. The number of hydrogen-bond acceptors (Lipinski definition) is 2. The van der Waals surface area contributed by atoms with Gasteiger partial charge in [-0.3, -0.25) is 0 Å². The van der Waals surface area contributed by atoms with Crippen molar-refractivity contribution in [2.45, 2.75) is 26.2 Å². The molecule has 0 aliphatic carbocycles. The zero-order valence-corrected chi connectivity index (χ0v) is 12.5. The summed E-state index contributed by atoms with van der Waals surface area (Å²) in [5, 5.41) is 4.03. The van der Waals surface area contributed by atoms with Crippen molar-refractivity contribution < 1.29 is 4.74 Å². The van der Waals surface area contributed by atoms with Crippen LogP contribution < -0.4 is 10.1 Å². The fourth-order valence-corrected chi connectivity index (χ4v) is 2.28. The van der Waals surface area contributed by atoms with E-state index in [0.29, 0.717) is 0 Å². The monoisotopic (exact) mass is 319 g/mol. The first-order valence-corrected chi connectivity index (χ1v) is 7.19. The molecule has 0 unspecified atom stereocenters. The highest BCUT2D eigenvalue weighted by molar-refractivity contribution is 9.10. The van der Waals surface area contributed by atoms with Gasteiger partial charge in [-0.05, 0) is 66.5 Å². The maximum atomic E-state index is 5.86. The van der Waals surface area contributed by atoms with Crippen LogP contribution in [-0.2, 0) is 0 Å². The molecule has 0 aliphatic heterocycles. The molecule has 96 valence electrons. The summed E-state index contributed by atoms with van der Waals surface area (Å²) >= 11 is 9.29. The molecule has 0 saturated heterocycles. The van der Waals surface area contributed by atoms with Crippen LogP contribution in [-0.4, -0.2) is 19.7 Å². The van der Waals surface area contributed by atoms with Gasteiger partial charge in [-0.1, -0.05) is 18.5 Å². The van der Waals surface area contributed by atoms with Crippen molar-refractivity contribution in [1.29, 1.82) is 0 Å². The minimum Gasteiger partial charge on any atom is -0.492 e. The first kappa shape index (κ1) is 14.8. The molecule has 0 bridgehead atoms. The van der Waals surface area contributed by atoms with Gasteiger partial charge in [0.25, 0.3) is 0 Å². The standard InChI is InChI=1S/C13H19BrClNO/c1-2-16-8-4-3-5-9-17-13-7-6-11(15)10-12(13)14/h6-7,10,16H,2-5,8-9H2,1H3. The topological polar surface area (TPSA) is 21.3 Å². The summed E-state index contributed by atoms with van der Waals surface area (Å²) in [6.45, 7) is 5.03. The zero-order valence-electron chi connectivity index (χ0n) is 10.1. The van der Waals surface area contributed by atoms with Gasteiger partial charge < -0.3 is 10.1 Å². The molecule has 1 rings (SSSR count). The van der Waals surface area contributed by atoms with Crippen LogP contribution in [0.25, 0.3) is 0 Å². The van der Waals surface area contributed by atoms with Crippen LogP contribution >= 0.6 is 27.5 Å². The van der Waals surface area contributed by atoms with Crippen molar-refractivity contribution in [2.75, 3.05) is 19.7 Å². The van der Waals surface area contributed by atoms with Gasteiger partial charge in [-0.2, -0.15) is 0 Å². The number of halogens is 2. The van der Waals surface area contributed by atoms with Crippen molar-refractivity contribution in [2.24, 2.45) is 0 Å². The van der Waals surface area contributed by atoms with Gasteiger partial charge in [0.2, 0.25) is 0 Å². The van der Waals surface area contributed by atoms with Gasteiger partial charge in [0.05, 0.1) is 11.1 Å². The van der Waals surface area contributed by atoms with Gasteiger partial charge in [-0.25, -0.2) is 0 Å². The number of unbranched alkanes of at least 4 members (excludes halogenated alkanes) is 2. The van der Waals surface area contributed by atoms with E-state index in [1.165, 1.54) is 12.8 Å². The predicted octanol–water partition coefficient (Wildman–Crippen LogP) is 4.26. The predicted molar refractivity (Wildman–Crippen MR) is 77.0 cm³/mol. The lowest BCUT2D eigenvalue weighted by Crippen LogP contribution is -2.14. The van der Waals surface area contributed by atoms with E-state index in [1.54, 1.807) is 0 Å². The lowest BCUT2D eigenvalue weighted by molar-refractivity contribution is 0.303. The molecule has 0 saturated carbocycles. The van der Waals surface area contributed by atoms with Crippen molar-refractivity contribution in [3.63, 3.8) is 0 Å². The number of hydrogen-bond donors (Lipinski definition) is 1. The summed E-state index contributed by atoms with van der Waals surface area (Å²) in [5.41, 5.74) is 0. The zero-order chi connectivity index (χ0) is 12.5. The summed E-state index contributed by atoms with van der Waals surface area (Å²) in [6, 6.07) is 5.58. The van der Waals surface area contributed by atoms with Gasteiger partial charge in [0.15, 0.2) is 0 Å². The third-order valence-corrected chi connectivity index (χ3v) is 3.25. The molecular weight excluding hydrogens is 302 g/mol. The average Bonchev–Trinajstić information content (AvgIpc) is 2.30. The summed E-state index contributed by atoms with van der Waals surface area (Å²) < 4.78 is 6.59. The van der Waals surface area contributed by atoms with E-state index in [9.17, 15) is 0 Å². The van der Waals surface area contributed by atoms with E-state index in [1.807, 2.05) is 18.2 Å². The van der Waals surface area contributed by atoms with Crippen LogP contribution in [0.4, 0.5) is 0 Å². The second-order valence-electron chi connectivity index (χ2n) is 3.84. The Kier molecular flexibility index (Phi) is 7.65. The van der Waals surface area contributed by atoms with Crippen molar-refractivity contribution in [1.82, 2.24) is 5.32 Å². The molecule has 1 aromatic carbocycles. The Bertz CT molecular complexity index is 333. The van der Waals surface area contributed by atoms with Gasteiger partial charge in [0, 0.05) is 5.02 Å². The fraction of sp³-hybridized carbons (Fsp3) is 0.538. The summed E-state index contributed by atoms with van der Waals surface area (Å²) in [4.78, 5) is 0. The SMILES string of the molecule is CCNCCCCCOc1ccc(Cl)cc1Br. The Hall–Kier alpha value is -0.250. The molecule has 4 heteroatoms. The van der Waals surface area contributed by atoms with Crippen molar-refractivity contribution in [3.8, 4) is 5.75 Å². The van der Waals surface area contributed by atoms with Crippen LogP contribution in [0, 0.1) is 0 Å². The van der Waals surface area contributed by atoms with Crippen LogP contribution in [0.2, 0.25) is 5.02 Å². The second kappa shape index (κ2) is 8.78. The molecule has 0 heterocycles. The number of ether oxygens (including phenoxy) is 1. The van der Waals surface area contributed by atoms with Gasteiger partial charge in [-0.15, -0.1) is 0 Å². The van der Waals surface area contributed by atoms with Gasteiger partial charge in [0.1, 0.15) is 5.75 Å². The minimum absolute atomic E-state index is 0.717. The highest BCUT2D eigenvalue weighted by atomic mass is 79.9. The van der Waals surface area contributed by atoms with Crippen molar-refractivity contribution in [3.05, 3.63) is 27.7 Å². The lowest BCUT2D eigenvalue weighted by atomic mass is 10.2. The molecule has 0 atom stereocenters. The summed E-state index contributed by atoms with van der Waals surface area (Å²) in [6.07, 6.45) is 3.48. The smallest absolute Gasteiger partial charge is 0.133 e. The van der Waals surface area contributed by atoms with E-state index in [2.05, 4.69) is 28.2 Å². The minimum atomic E-state index is 0.717. The van der Waals surface area contributed by atoms with E-state index in [0.717, 1.165) is 41.4 Å². The maximum absolute atomic E-state index is 5.86. The fourth-order valence-electron chi connectivity index (χ4n) is 1.48. The van der Waals surface area contributed by atoms with Gasteiger partial charge >= 0.3 is 0 Å². The number of benzene rings is 1.